The minimum atomic E-state index is -0.280. The third-order valence-corrected chi connectivity index (χ3v) is 3.85. The molecule has 4 aromatic rings. The highest BCUT2D eigenvalue weighted by molar-refractivity contribution is 6.04. The lowest BCUT2D eigenvalue weighted by Gasteiger charge is -2.06. The number of hydrogen-bond acceptors (Lipinski definition) is 6. The zero-order valence-corrected chi connectivity index (χ0v) is 14.4. The van der Waals surface area contributed by atoms with E-state index in [1.54, 1.807) is 24.5 Å². The predicted octanol–water partition coefficient (Wildman–Crippen LogP) is 2.88. The summed E-state index contributed by atoms with van der Waals surface area (Å²) in [5, 5.41) is 9.74. The molecule has 3 heterocycles. The highest BCUT2D eigenvalue weighted by Gasteiger charge is 2.09. The summed E-state index contributed by atoms with van der Waals surface area (Å²) in [5.41, 5.74) is 2.74. The molecule has 0 saturated carbocycles. The van der Waals surface area contributed by atoms with Crippen LogP contribution in [-0.2, 0) is 0 Å². The van der Waals surface area contributed by atoms with E-state index >= 15 is 0 Å². The molecule has 1 aromatic carbocycles. The average molecular weight is 357 g/mol. The molecular weight excluding hydrogens is 342 g/mol. The van der Waals surface area contributed by atoms with Gasteiger partial charge in [-0.25, -0.2) is 15.0 Å². The number of benzene rings is 1. The number of aryl methyl sites for hydroxylation is 1. The van der Waals surface area contributed by atoms with Crippen LogP contribution in [0.3, 0.4) is 0 Å². The third-order valence-electron chi connectivity index (χ3n) is 3.85. The van der Waals surface area contributed by atoms with Gasteiger partial charge in [-0.2, -0.15) is 5.10 Å². The van der Waals surface area contributed by atoms with E-state index in [1.807, 2.05) is 31.2 Å². The summed E-state index contributed by atoms with van der Waals surface area (Å²) in [5.74, 6) is 1.63. The van der Waals surface area contributed by atoms with Crippen molar-refractivity contribution in [1.29, 1.82) is 0 Å². The number of aromatic nitrogens is 6. The van der Waals surface area contributed by atoms with Gasteiger partial charge in [0.15, 0.2) is 11.6 Å². The fraction of sp³-hybridized carbons (Fsp3) is 0.0526. The van der Waals surface area contributed by atoms with Crippen molar-refractivity contribution in [3.8, 4) is 22.8 Å². The van der Waals surface area contributed by atoms with Gasteiger partial charge in [0, 0.05) is 41.6 Å². The first-order valence-corrected chi connectivity index (χ1v) is 8.22. The normalized spacial score (nSPS) is 10.6. The van der Waals surface area contributed by atoms with Crippen LogP contribution in [0.1, 0.15) is 16.2 Å². The first-order valence-electron chi connectivity index (χ1n) is 8.22. The Morgan fingerprint density at radius 2 is 1.59 bits per heavy atom. The summed E-state index contributed by atoms with van der Waals surface area (Å²) in [6.07, 6.45) is 6.34. The van der Waals surface area contributed by atoms with Crippen molar-refractivity contribution in [1.82, 2.24) is 30.1 Å². The standard InChI is InChI=1S/C19H15N7O/c1-12-23-18(26-25-12)13-2-4-16(5-3-13)24-19(27)15-10-21-17(22-11-15)14-6-8-20-9-7-14/h2-11H,1H3,(H,24,27)(H,23,25,26). The quantitative estimate of drug-likeness (QED) is 0.581. The van der Waals surface area contributed by atoms with Crippen molar-refractivity contribution in [3.63, 3.8) is 0 Å². The van der Waals surface area contributed by atoms with Gasteiger partial charge in [0.2, 0.25) is 0 Å². The zero-order valence-electron chi connectivity index (χ0n) is 14.4. The molecule has 4 rings (SSSR count). The number of aromatic amines is 1. The Balaban J connectivity index is 1.46. The SMILES string of the molecule is Cc1nc(-c2ccc(NC(=O)c3cnc(-c4ccncc4)nc3)cc2)n[nH]1. The van der Waals surface area contributed by atoms with Gasteiger partial charge in [0.05, 0.1) is 5.56 Å². The molecule has 0 bridgehead atoms. The molecule has 0 aliphatic carbocycles. The smallest absolute Gasteiger partial charge is 0.258 e. The van der Waals surface area contributed by atoms with Gasteiger partial charge in [0.1, 0.15) is 5.82 Å². The number of hydrogen-bond donors (Lipinski definition) is 2. The molecule has 0 aliphatic heterocycles. The Labute approximate surface area is 154 Å². The molecule has 27 heavy (non-hydrogen) atoms. The van der Waals surface area contributed by atoms with Crippen LogP contribution in [0.15, 0.2) is 61.2 Å². The highest BCUT2D eigenvalue weighted by Crippen LogP contribution is 2.18. The molecule has 0 saturated heterocycles. The minimum Gasteiger partial charge on any atom is -0.322 e. The molecule has 0 atom stereocenters. The number of carbonyl (C=O) groups is 1. The summed E-state index contributed by atoms with van der Waals surface area (Å²) < 4.78 is 0. The number of H-pyrrole nitrogens is 1. The van der Waals surface area contributed by atoms with E-state index in [0.29, 0.717) is 22.9 Å². The molecule has 3 aromatic heterocycles. The Morgan fingerprint density at radius 1 is 0.926 bits per heavy atom. The molecule has 0 unspecified atom stereocenters. The lowest BCUT2D eigenvalue weighted by Crippen LogP contribution is -2.12. The van der Waals surface area contributed by atoms with E-state index < -0.39 is 0 Å². The van der Waals surface area contributed by atoms with E-state index in [4.69, 9.17) is 0 Å². The van der Waals surface area contributed by atoms with E-state index in [0.717, 1.165) is 17.0 Å². The van der Waals surface area contributed by atoms with Crippen LogP contribution in [0.4, 0.5) is 5.69 Å². The fourth-order valence-electron chi connectivity index (χ4n) is 2.47. The zero-order chi connectivity index (χ0) is 18.6. The van der Waals surface area contributed by atoms with Gasteiger partial charge >= 0.3 is 0 Å². The number of pyridine rings is 1. The second kappa shape index (κ2) is 7.12. The van der Waals surface area contributed by atoms with Crippen LogP contribution < -0.4 is 5.32 Å². The van der Waals surface area contributed by atoms with Crippen LogP contribution in [0.25, 0.3) is 22.8 Å². The number of anilines is 1. The van der Waals surface area contributed by atoms with Gasteiger partial charge in [0.25, 0.3) is 5.91 Å². The highest BCUT2D eigenvalue weighted by atomic mass is 16.1. The minimum absolute atomic E-state index is 0.280. The van der Waals surface area contributed by atoms with Crippen LogP contribution in [-0.4, -0.2) is 36.0 Å². The fourth-order valence-corrected chi connectivity index (χ4v) is 2.47. The monoisotopic (exact) mass is 357 g/mol. The number of amides is 1. The average Bonchev–Trinajstić information content (AvgIpc) is 3.16. The first kappa shape index (κ1) is 16.5. The molecule has 2 N–H and O–H groups in total. The summed E-state index contributed by atoms with van der Waals surface area (Å²) in [6, 6.07) is 10.9. The second-order valence-corrected chi connectivity index (χ2v) is 5.81. The van der Waals surface area contributed by atoms with Crippen molar-refractivity contribution in [2.24, 2.45) is 0 Å². The van der Waals surface area contributed by atoms with Crippen LogP contribution in [0, 0.1) is 6.92 Å². The predicted molar refractivity (Wildman–Crippen MR) is 99.8 cm³/mol. The maximum Gasteiger partial charge on any atom is 0.258 e. The molecule has 8 nitrogen and oxygen atoms in total. The summed E-state index contributed by atoms with van der Waals surface area (Å²) in [6.45, 7) is 1.84. The summed E-state index contributed by atoms with van der Waals surface area (Å²) in [4.78, 5) is 29.1. The second-order valence-electron chi connectivity index (χ2n) is 5.81. The maximum atomic E-state index is 12.4. The van der Waals surface area contributed by atoms with Crippen LogP contribution >= 0.6 is 0 Å². The number of carbonyl (C=O) groups excluding carboxylic acids is 1. The molecule has 0 radical (unpaired) electrons. The Hall–Kier alpha value is -3.94. The van der Waals surface area contributed by atoms with Gasteiger partial charge in [-0.3, -0.25) is 14.9 Å². The van der Waals surface area contributed by atoms with E-state index in [2.05, 4.69) is 35.5 Å². The Morgan fingerprint density at radius 3 is 2.22 bits per heavy atom. The number of nitrogens with zero attached hydrogens (tertiary/aromatic N) is 5. The molecule has 0 fully saturated rings. The van der Waals surface area contributed by atoms with Gasteiger partial charge in [-0.15, -0.1) is 0 Å². The number of nitrogens with one attached hydrogen (secondary N) is 2. The molecule has 1 amide bonds. The van der Waals surface area contributed by atoms with Gasteiger partial charge in [-0.05, 0) is 43.3 Å². The van der Waals surface area contributed by atoms with Crippen molar-refractivity contribution in [2.75, 3.05) is 5.32 Å². The topological polar surface area (TPSA) is 109 Å². The van der Waals surface area contributed by atoms with Gasteiger partial charge < -0.3 is 5.32 Å². The Kier molecular flexibility index (Phi) is 4.36. The molecule has 8 heteroatoms. The number of rotatable bonds is 4. The summed E-state index contributed by atoms with van der Waals surface area (Å²) >= 11 is 0. The maximum absolute atomic E-state index is 12.4. The van der Waals surface area contributed by atoms with Crippen molar-refractivity contribution in [2.45, 2.75) is 6.92 Å². The lowest BCUT2D eigenvalue weighted by molar-refractivity contribution is 0.102. The lowest BCUT2D eigenvalue weighted by atomic mass is 10.2. The summed E-state index contributed by atoms with van der Waals surface area (Å²) in [7, 11) is 0. The first-order chi connectivity index (χ1) is 13.2. The molecule has 132 valence electrons. The van der Waals surface area contributed by atoms with Gasteiger partial charge in [-0.1, -0.05) is 0 Å². The van der Waals surface area contributed by atoms with Crippen LogP contribution in [0.2, 0.25) is 0 Å². The largest absolute Gasteiger partial charge is 0.322 e. The van der Waals surface area contributed by atoms with E-state index in [1.165, 1.54) is 12.4 Å². The Bertz CT molecular complexity index is 1060. The third kappa shape index (κ3) is 3.69. The van der Waals surface area contributed by atoms with Crippen LogP contribution in [0.5, 0.6) is 0 Å². The molecule has 0 aliphatic rings. The van der Waals surface area contributed by atoms with E-state index in [9.17, 15) is 4.79 Å². The molecule has 0 spiro atoms. The molecular formula is C19H15N7O. The van der Waals surface area contributed by atoms with Crippen molar-refractivity contribution >= 4 is 11.6 Å². The van der Waals surface area contributed by atoms with Crippen molar-refractivity contribution < 1.29 is 4.79 Å². The van der Waals surface area contributed by atoms with Crippen molar-refractivity contribution in [3.05, 3.63) is 72.6 Å². The van der Waals surface area contributed by atoms with E-state index in [-0.39, 0.29) is 5.91 Å².